The molecule has 5 nitrogen and oxygen atoms in total. The zero-order valence-corrected chi connectivity index (χ0v) is 17.6. The number of carbonyl (C=O) groups excluding carboxylic acids is 1. The highest BCUT2D eigenvalue weighted by atomic mass is 16.5. The van der Waals surface area contributed by atoms with Gasteiger partial charge in [0.25, 0.3) is 5.91 Å². The van der Waals surface area contributed by atoms with Crippen molar-refractivity contribution in [2.24, 2.45) is 0 Å². The number of nitrogens with one attached hydrogen (secondary N) is 1. The minimum atomic E-state index is -0.186. The molecule has 0 aromatic heterocycles. The van der Waals surface area contributed by atoms with Crippen molar-refractivity contribution < 1.29 is 14.3 Å². The van der Waals surface area contributed by atoms with Crippen LogP contribution >= 0.6 is 0 Å². The molecule has 1 amide bonds. The Kier molecular flexibility index (Phi) is 6.19. The quantitative estimate of drug-likeness (QED) is 0.633. The highest BCUT2D eigenvalue weighted by Gasteiger charge is 2.26. The van der Waals surface area contributed by atoms with Gasteiger partial charge < -0.3 is 14.8 Å². The van der Waals surface area contributed by atoms with E-state index in [-0.39, 0.29) is 11.9 Å². The van der Waals surface area contributed by atoms with E-state index in [1.165, 1.54) is 29.2 Å². The second kappa shape index (κ2) is 9.18. The zero-order valence-electron chi connectivity index (χ0n) is 17.6. The number of fused-ring (bicyclic) bond motifs is 1. The minimum Gasteiger partial charge on any atom is -0.496 e. The molecule has 0 saturated carbocycles. The summed E-state index contributed by atoms with van der Waals surface area (Å²) < 4.78 is 10.8. The van der Waals surface area contributed by atoms with Crippen LogP contribution < -0.4 is 14.8 Å². The lowest BCUT2D eigenvalue weighted by Gasteiger charge is -2.29. The highest BCUT2D eigenvalue weighted by Crippen LogP contribution is 2.32. The Morgan fingerprint density at radius 1 is 0.933 bits per heavy atom. The zero-order chi connectivity index (χ0) is 20.9. The van der Waals surface area contributed by atoms with E-state index in [1.54, 1.807) is 26.4 Å². The van der Waals surface area contributed by atoms with Gasteiger partial charge in [-0.25, -0.2) is 0 Å². The fraction of sp³-hybridized carbons (Fsp3) is 0.320. The van der Waals surface area contributed by atoms with Crippen LogP contribution in [0.2, 0.25) is 0 Å². The van der Waals surface area contributed by atoms with E-state index in [1.807, 2.05) is 6.07 Å². The number of hydrogen-bond acceptors (Lipinski definition) is 4. The number of carbonyl (C=O) groups is 1. The van der Waals surface area contributed by atoms with Crippen LogP contribution in [0.1, 0.15) is 34.8 Å². The molecule has 1 atom stereocenters. The van der Waals surface area contributed by atoms with E-state index in [0.717, 1.165) is 13.1 Å². The number of ether oxygens (including phenoxy) is 2. The normalized spacial score (nSPS) is 15.1. The van der Waals surface area contributed by atoms with Crippen molar-refractivity contribution in [2.45, 2.75) is 18.9 Å². The van der Waals surface area contributed by atoms with Crippen LogP contribution in [0.5, 0.6) is 11.5 Å². The summed E-state index contributed by atoms with van der Waals surface area (Å²) in [6.45, 7) is 2.61. The van der Waals surface area contributed by atoms with Crippen LogP contribution in [0.25, 0.3) is 10.8 Å². The van der Waals surface area contributed by atoms with Gasteiger partial charge in [0.2, 0.25) is 0 Å². The van der Waals surface area contributed by atoms with Crippen LogP contribution in [-0.4, -0.2) is 44.7 Å². The van der Waals surface area contributed by atoms with E-state index in [4.69, 9.17) is 9.47 Å². The average molecular weight is 405 g/mol. The Balaban J connectivity index is 1.64. The van der Waals surface area contributed by atoms with Gasteiger partial charge in [-0.2, -0.15) is 0 Å². The van der Waals surface area contributed by atoms with Gasteiger partial charge in [0.15, 0.2) is 0 Å². The van der Waals surface area contributed by atoms with Crippen LogP contribution in [0.4, 0.5) is 0 Å². The summed E-state index contributed by atoms with van der Waals surface area (Å²) in [5, 5.41) is 5.60. The van der Waals surface area contributed by atoms with Crippen molar-refractivity contribution in [3.63, 3.8) is 0 Å². The molecular formula is C25H28N2O3. The second-order valence-electron chi connectivity index (χ2n) is 7.57. The van der Waals surface area contributed by atoms with Gasteiger partial charge in [0, 0.05) is 6.54 Å². The largest absolute Gasteiger partial charge is 0.496 e. The molecule has 0 bridgehead atoms. The van der Waals surface area contributed by atoms with Crippen molar-refractivity contribution in [1.29, 1.82) is 0 Å². The molecule has 1 N–H and O–H groups in total. The fourth-order valence-corrected chi connectivity index (χ4v) is 4.38. The molecule has 3 aromatic rings. The van der Waals surface area contributed by atoms with Crippen molar-refractivity contribution >= 4 is 16.7 Å². The summed E-state index contributed by atoms with van der Waals surface area (Å²) in [6.07, 6.45) is 2.38. The first-order valence-corrected chi connectivity index (χ1v) is 10.4. The number of nitrogens with zero attached hydrogens (tertiary/aromatic N) is 1. The topological polar surface area (TPSA) is 50.8 Å². The Hall–Kier alpha value is -3.05. The number of benzene rings is 3. The minimum absolute atomic E-state index is 0.114. The smallest absolute Gasteiger partial charge is 0.258 e. The van der Waals surface area contributed by atoms with Gasteiger partial charge in [0.1, 0.15) is 17.1 Å². The molecule has 5 heteroatoms. The number of amides is 1. The first kappa shape index (κ1) is 20.2. The van der Waals surface area contributed by atoms with Gasteiger partial charge in [-0.1, -0.05) is 48.5 Å². The molecule has 0 aliphatic carbocycles. The lowest BCUT2D eigenvalue weighted by Crippen LogP contribution is -2.37. The Morgan fingerprint density at radius 3 is 2.27 bits per heavy atom. The Labute approximate surface area is 177 Å². The lowest BCUT2D eigenvalue weighted by atomic mass is 9.97. The third kappa shape index (κ3) is 3.98. The van der Waals surface area contributed by atoms with Crippen LogP contribution in [0.3, 0.4) is 0 Å². The molecule has 156 valence electrons. The van der Waals surface area contributed by atoms with Gasteiger partial charge in [0.05, 0.1) is 20.3 Å². The van der Waals surface area contributed by atoms with Crippen LogP contribution in [0, 0.1) is 0 Å². The van der Waals surface area contributed by atoms with Crippen LogP contribution in [0.15, 0.2) is 60.7 Å². The molecule has 1 aliphatic rings. The Morgan fingerprint density at radius 2 is 1.57 bits per heavy atom. The predicted octanol–water partition coefficient (Wildman–Crippen LogP) is 4.42. The van der Waals surface area contributed by atoms with Crippen molar-refractivity contribution in [3.8, 4) is 11.5 Å². The van der Waals surface area contributed by atoms with Gasteiger partial charge in [-0.15, -0.1) is 0 Å². The van der Waals surface area contributed by atoms with Crippen molar-refractivity contribution in [3.05, 3.63) is 71.8 Å². The van der Waals surface area contributed by atoms with E-state index in [0.29, 0.717) is 23.6 Å². The monoisotopic (exact) mass is 404 g/mol. The first-order valence-electron chi connectivity index (χ1n) is 10.4. The van der Waals surface area contributed by atoms with Gasteiger partial charge in [-0.3, -0.25) is 9.69 Å². The maximum Gasteiger partial charge on any atom is 0.258 e. The summed E-state index contributed by atoms with van der Waals surface area (Å²) in [5.74, 6) is 0.832. The number of methoxy groups -OCH3 is 2. The molecular weight excluding hydrogens is 376 g/mol. The van der Waals surface area contributed by atoms with E-state index < -0.39 is 0 Å². The molecule has 1 saturated heterocycles. The number of hydrogen-bond donors (Lipinski definition) is 1. The third-order valence-corrected chi connectivity index (χ3v) is 5.87. The second-order valence-corrected chi connectivity index (χ2v) is 7.57. The molecule has 0 spiro atoms. The molecule has 4 rings (SSSR count). The molecule has 1 unspecified atom stereocenters. The van der Waals surface area contributed by atoms with E-state index >= 15 is 0 Å². The summed E-state index contributed by atoms with van der Waals surface area (Å²) in [4.78, 5) is 15.6. The molecule has 30 heavy (non-hydrogen) atoms. The van der Waals surface area contributed by atoms with Gasteiger partial charge >= 0.3 is 0 Å². The summed E-state index contributed by atoms with van der Waals surface area (Å²) in [5.41, 5.74) is 1.68. The molecule has 1 aliphatic heterocycles. The number of rotatable bonds is 7. The highest BCUT2D eigenvalue weighted by molar-refractivity contribution is 5.99. The fourth-order valence-electron chi connectivity index (χ4n) is 4.38. The third-order valence-electron chi connectivity index (χ3n) is 5.87. The van der Waals surface area contributed by atoms with Crippen molar-refractivity contribution in [1.82, 2.24) is 10.2 Å². The average Bonchev–Trinajstić information content (AvgIpc) is 3.33. The van der Waals surface area contributed by atoms with E-state index in [9.17, 15) is 4.79 Å². The van der Waals surface area contributed by atoms with Gasteiger partial charge in [-0.05, 0) is 54.4 Å². The molecule has 3 aromatic carbocycles. The van der Waals surface area contributed by atoms with E-state index in [2.05, 4.69) is 52.7 Å². The Bertz CT molecular complexity index is 1000. The molecule has 0 radical (unpaired) electrons. The molecule has 1 heterocycles. The van der Waals surface area contributed by atoms with Crippen LogP contribution in [-0.2, 0) is 0 Å². The summed E-state index contributed by atoms with van der Waals surface area (Å²) in [7, 11) is 3.13. The lowest BCUT2D eigenvalue weighted by molar-refractivity contribution is 0.0932. The first-order chi connectivity index (χ1) is 14.7. The SMILES string of the molecule is COc1cccc(OC)c1C(=O)NCC(c1cccc2ccccc12)N1CCCC1. The number of likely N-dealkylation sites (tertiary alicyclic amines) is 1. The predicted molar refractivity (Wildman–Crippen MR) is 119 cm³/mol. The summed E-state index contributed by atoms with van der Waals surface area (Å²) >= 11 is 0. The maximum atomic E-state index is 13.1. The maximum absolute atomic E-state index is 13.1. The summed E-state index contributed by atoms with van der Waals surface area (Å²) in [6, 6.07) is 20.3. The van der Waals surface area contributed by atoms with Crippen molar-refractivity contribution in [2.75, 3.05) is 33.9 Å². The molecule has 1 fully saturated rings. The standard InChI is InChI=1S/C25H28N2O3/c1-29-22-13-8-14-23(30-2)24(22)25(28)26-17-21(27-15-5-6-16-27)20-12-7-10-18-9-3-4-11-19(18)20/h3-4,7-14,21H,5-6,15-17H2,1-2H3,(H,26,28).